The average molecular weight is 371 g/mol. The minimum Gasteiger partial charge on any atom is -0.369 e. The highest BCUT2D eigenvalue weighted by molar-refractivity contribution is 5.55. The summed E-state index contributed by atoms with van der Waals surface area (Å²) in [5.41, 5.74) is 3.93. The number of piperazine rings is 1. The molecule has 1 aromatic heterocycles. The Morgan fingerprint density at radius 2 is 1.67 bits per heavy atom. The van der Waals surface area contributed by atoms with Gasteiger partial charge in [0.25, 0.3) is 0 Å². The first-order valence-corrected chi connectivity index (χ1v) is 10.0. The normalized spacial score (nSPS) is 17.6. The third-order valence-corrected chi connectivity index (χ3v) is 5.44. The van der Waals surface area contributed by atoms with E-state index in [2.05, 4.69) is 92.0 Å². The maximum atomic E-state index is 4.43. The number of hydrogen-bond acceptors (Lipinski definition) is 5. The van der Waals surface area contributed by atoms with Crippen LogP contribution in [0, 0.1) is 19.8 Å². The molecule has 1 atom stereocenters. The fourth-order valence-corrected chi connectivity index (χ4v) is 4.04. The lowest BCUT2D eigenvalue weighted by Gasteiger charge is -2.42. The first kappa shape index (κ1) is 19.8. The molecule has 0 spiro atoms. The van der Waals surface area contributed by atoms with Crippen LogP contribution in [-0.2, 0) is 5.54 Å². The summed E-state index contributed by atoms with van der Waals surface area (Å²) >= 11 is 0. The summed E-state index contributed by atoms with van der Waals surface area (Å²) in [4.78, 5) is 5.07. The molecule has 1 aliphatic rings. The summed E-state index contributed by atoms with van der Waals surface area (Å²) in [6.07, 6.45) is 0. The largest absolute Gasteiger partial charge is 0.369 e. The van der Waals surface area contributed by atoms with E-state index in [1.54, 1.807) is 0 Å². The molecule has 0 unspecified atom stereocenters. The molecule has 3 rings (SSSR count). The van der Waals surface area contributed by atoms with Gasteiger partial charge in [0, 0.05) is 31.9 Å². The van der Waals surface area contributed by atoms with Gasteiger partial charge in [0.15, 0.2) is 5.82 Å². The molecule has 0 N–H and O–H groups in total. The lowest BCUT2D eigenvalue weighted by Crippen LogP contribution is -2.49. The lowest BCUT2D eigenvalue weighted by atomic mass is 9.99. The summed E-state index contributed by atoms with van der Waals surface area (Å²) in [5, 5.41) is 12.7. The Balaban J connectivity index is 1.79. The second-order valence-electron chi connectivity index (χ2n) is 9.12. The monoisotopic (exact) mass is 370 g/mol. The molecule has 1 aromatic carbocycles. The molecule has 2 heterocycles. The van der Waals surface area contributed by atoms with E-state index >= 15 is 0 Å². The topological polar surface area (TPSA) is 50.1 Å². The van der Waals surface area contributed by atoms with Crippen LogP contribution in [0.4, 0.5) is 5.69 Å². The van der Waals surface area contributed by atoms with E-state index in [1.807, 2.05) is 4.68 Å². The van der Waals surface area contributed by atoms with Crippen molar-refractivity contribution in [3.63, 3.8) is 0 Å². The molecule has 0 aliphatic carbocycles. The van der Waals surface area contributed by atoms with Crippen molar-refractivity contribution in [1.29, 1.82) is 0 Å². The summed E-state index contributed by atoms with van der Waals surface area (Å²) in [7, 11) is 0. The van der Waals surface area contributed by atoms with Crippen LogP contribution in [0.15, 0.2) is 18.2 Å². The van der Waals surface area contributed by atoms with Crippen LogP contribution in [-0.4, -0.2) is 51.3 Å². The van der Waals surface area contributed by atoms with Gasteiger partial charge in [0.1, 0.15) is 0 Å². The van der Waals surface area contributed by atoms with Crippen molar-refractivity contribution in [1.82, 2.24) is 25.1 Å². The number of anilines is 1. The van der Waals surface area contributed by atoms with Crippen LogP contribution in [0.2, 0.25) is 0 Å². The van der Waals surface area contributed by atoms with E-state index in [4.69, 9.17) is 0 Å². The van der Waals surface area contributed by atoms with Gasteiger partial charge in [-0.25, -0.2) is 4.68 Å². The molecule has 0 bridgehead atoms. The zero-order valence-corrected chi connectivity index (χ0v) is 17.9. The third-order valence-electron chi connectivity index (χ3n) is 5.44. The number of aromatic nitrogens is 4. The van der Waals surface area contributed by atoms with Crippen molar-refractivity contribution >= 4 is 5.69 Å². The van der Waals surface area contributed by atoms with Gasteiger partial charge in [-0.15, -0.1) is 5.10 Å². The molecule has 1 fully saturated rings. The summed E-state index contributed by atoms with van der Waals surface area (Å²) < 4.78 is 1.99. The average Bonchev–Trinajstić information content (AvgIpc) is 3.07. The Bertz CT molecular complexity index is 765. The van der Waals surface area contributed by atoms with Crippen LogP contribution < -0.4 is 4.90 Å². The molecule has 0 amide bonds. The van der Waals surface area contributed by atoms with E-state index in [-0.39, 0.29) is 11.6 Å². The first-order chi connectivity index (χ1) is 12.7. The van der Waals surface area contributed by atoms with E-state index in [1.165, 1.54) is 16.8 Å². The third kappa shape index (κ3) is 4.15. The van der Waals surface area contributed by atoms with E-state index in [9.17, 15) is 0 Å². The zero-order valence-electron chi connectivity index (χ0n) is 17.9. The quantitative estimate of drug-likeness (QED) is 0.823. The Morgan fingerprint density at radius 1 is 1.00 bits per heavy atom. The number of benzene rings is 1. The van der Waals surface area contributed by atoms with Gasteiger partial charge >= 0.3 is 0 Å². The maximum absolute atomic E-state index is 4.43. The predicted octanol–water partition coefficient (Wildman–Crippen LogP) is 3.56. The molecule has 1 aliphatic heterocycles. The Kier molecular flexibility index (Phi) is 5.56. The highest BCUT2D eigenvalue weighted by Gasteiger charge is 2.34. The van der Waals surface area contributed by atoms with Crippen molar-refractivity contribution in [3.05, 3.63) is 35.2 Å². The van der Waals surface area contributed by atoms with Crippen LogP contribution in [0.1, 0.15) is 57.6 Å². The molecule has 2 aromatic rings. The Labute approximate surface area is 163 Å². The Morgan fingerprint density at radius 3 is 2.26 bits per heavy atom. The molecule has 6 heteroatoms. The minimum absolute atomic E-state index is 0.119. The number of tetrazole rings is 1. The maximum Gasteiger partial charge on any atom is 0.169 e. The van der Waals surface area contributed by atoms with Gasteiger partial charge in [0.2, 0.25) is 0 Å². The van der Waals surface area contributed by atoms with Gasteiger partial charge in [-0.05, 0) is 68.2 Å². The van der Waals surface area contributed by atoms with Crippen LogP contribution >= 0.6 is 0 Å². The molecule has 1 saturated heterocycles. The SMILES string of the molecule is Cc1ccc(C)c(N2CCN([C@H](c3nnnn3C(C)(C)C)C(C)C)CC2)c1. The highest BCUT2D eigenvalue weighted by atomic mass is 15.6. The van der Waals surface area contributed by atoms with Gasteiger partial charge in [-0.3, -0.25) is 4.90 Å². The molecule has 0 saturated carbocycles. The second kappa shape index (κ2) is 7.58. The summed E-state index contributed by atoms with van der Waals surface area (Å²) in [6, 6.07) is 6.96. The van der Waals surface area contributed by atoms with E-state index < -0.39 is 0 Å². The summed E-state index contributed by atoms with van der Waals surface area (Å²) in [5.74, 6) is 1.43. The fourth-order valence-electron chi connectivity index (χ4n) is 4.04. The predicted molar refractivity (Wildman–Crippen MR) is 110 cm³/mol. The van der Waals surface area contributed by atoms with Crippen LogP contribution in [0.25, 0.3) is 0 Å². The van der Waals surface area contributed by atoms with Crippen molar-refractivity contribution in [2.75, 3.05) is 31.1 Å². The molecule has 27 heavy (non-hydrogen) atoms. The van der Waals surface area contributed by atoms with Crippen molar-refractivity contribution < 1.29 is 0 Å². The van der Waals surface area contributed by atoms with Gasteiger partial charge in [-0.1, -0.05) is 26.0 Å². The van der Waals surface area contributed by atoms with Crippen LogP contribution in [0.3, 0.4) is 0 Å². The molecule has 0 radical (unpaired) electrons. The number of nitrogens with zero attached hydrogens (tertiary/aromatic N) is 6. The lowest BCUT2D eigenvalue weighted by molar-refractivity contribution is 0.128. The number of hydrogen-bond donors (Lipinski definition) is 0. The minimum atomic E-state index is -0.119. The van der Waals surface area contributed by atoms with E-state index in [0.29, 0.717) is 5.92 Å². The molecule has 6 nitrogen and oxygen atoms in total. The summed E-state index contributed by atoms with van der Waals surface area (Å²) in [6.45, 7) is 19.5. The van der Waals surface area contributed by atoms with Crippen LogP contribution in [0.5, 0.6) is 0 Å². The standard InChI is InChI=1S/C21H34N6/c1-15(2)19(20-22-23-24-27(20)21(5,6)7)26-12-10-25(11-13-26)18-14-16(3)8-9-17(18)4/h8-9,14-15,19H,10-13H2,1-7H3/t19-/m0/s1. The second-order valence-corrected chi connectivity index (χ2v) is 9.12. The van der Waals surface area contributed by atoms with Gasteiger partial charge in [-0.2, -0.15) is 0 Å². The first-order valence-electron chi connectivity index (χ1n) is 10.0. The van der Waals surface area contributed by atoms with Crippen molar-refractivity contribution in [3.8, 4) is 0 Å². The molecule has 148 valence electrons. The highest BCUT2D eigenvalue weighted by Crippen LogP contribution is 2.31. The number of aryl methyl sites for hydroxylation is 2. The number of rotatable bonds is 4. The van der Waals surface area contributed by atoms with Gasteiger partial charge in [0.05, 0.1) is 11.6 Å². The van der Waals surface area contributed by atoms with Crippen molar-refractivity contribution in [2.45, 2.75) is 60.0 Å². The van der Waals surface area contributed by atoms with E-state index in [0.717, 1.165) is 32.0 Å². The van der Waals surface area contributed by atoms with Crippen molar-refractivity contribution in [2.24, 2.45) is 5.92 Å². The molecular formula is C21H34N6. The smallest absolute Gasteiger partial charge is 0.169 e. The Hall–Kier alpha value is -1.95. The van der Waals surface area contributed by atoms with Gasteiger partial charge < -0.3 is 4.90 Å². The fraction of sp³-hybridized carbons (Fsp3) is 0.667. The molecular weight excluding hydrogens is 336 g/mol. The zero-order chi connectivity index (χ0) is 19.8.